The fraction of sp³-hybridized carbons (Fsp3) is 0.167. The summed E-state index contributed by atoms with van der Waals surface area (Å²) in [6.07, 6.45) is 2.71. The molecule has 1 aliphatic heterocycles. The van der Waals surface area contributed by atoms with Crippen LogP contribution in [-0.2, 0) is 16.1 Å². The lowest BCUT2D eigenvalue weighted by molar-refractivity contribution is -0.117. The number of fused-ring (bicyclic) bond motifs is 1. The van der Waals surface area contributed by atoms with Crippen LogP contribution in [0.2, 0.25) is 0 Å². The third-order valence-corrected chi connectivity index (χ3v) is 6.39. The zero-order chi connectivity index (χ0) is 22.1. The number of para-hydroxylation sites is 2. The largest absolute Gasteiger partial charge is 0.323 e. The maximum Gasteiger partial charge on any atom is 0.263 e. The van der Waals surface area contributed by atoms with Crippen LogP contribution in [0.15, 0.2) is 71.1 Å². The van der Waals surface area contributed by atoms with Crippen molar-refractivity contribution in [1.82, 2.24) is 9.55 Å². The van der Waals surface area contributed by atoms with Crippen LogP contribution in [0.25, 0.3) is 21.3 Å². The van der Waals surface area contributed by atoms with Crippen molar-refractivity contribution in [2.45, 2.75) is 19.4 Å². The summed E-state index contributed by atoms with van der Waals surface area (Å²) in [5.41, 5.74) is 2.72. The molecule has 5 rings (SSSR count). The Labute approximate surface area is 187 Å². The molecule has 0 radical (unpaired) electrons. The monoisotopic (exact) mass is 444 g/mol. The summed E-state index contributed by atoms with van der Waals surface area (Å²) >= 11 is 1.41. The number of amides is 2. The molecule has 1 N–H and O–H groups in total. The molecule has 32 heavy (non-hydrogen) atoms. The molecule has 2 amide bonds. The molecule has 0 aliphatic carbocycles. The molecule has 0 atom stereocenters. The van der Waals surface area contributed by atoms with Crippen LogP contribution in [0, 0.1) is 0 Å². The Morgan fingerprint density at radius 3 is 2.62 bits per heavy atom. The van der Waals surface area contributed by atoms with Crippen molar-refractivity contribution in [3.63, 3.8) is 0 Å². The van der Waals surface area contributed by atoms with Gasteiger partial charge < -0.3 is 10.2 Å². The Bertz CT molecular complexity index is 1380. The standard InChI is InChI=1S/C24H20N4O3S/c29-20(26-18-9-4-5-10-19(18)28-12-6-11-21(28)30)13-27-15-25-23-22(24(27)31)17(14-32-23)16-7-2-1-3-8-16/h1-5,7-10,14-15H,6,11-13H2,(H,26,29). The van der Waals surface area contributed by atoms with Crippen molar-refractivity contribution in [3.05, 3.63) is 76.7 Å². The van der Waals surface area contributed by atoms with Crippen molar-refractivity contribution in [3.8, 4) is 11.1 Å². The van der Waals surface area contributed by atoms with Gasteiger partial charge in [0.25, 0.3) is 5.56 Å². The molecule has 8 heteroatoms. The molecule has 0 saturated carbocycles. The summed E-state index contributed by atoms with van der Waals surface area (Å²) in [6, 6.07) is 16.9. The van der Waals surface area contributed by atoms with Crippen molar-refractivity contribution >= 4 is 44.7 Å². The van der Waals surface area contributed by atoms with Crippen LogP contribution in [0.1, 0.15) is 12.8 Å². The normalized spacial score (nSPS) is 13.6. The fourth-order valence-corrected chi connectivity index (χ4v) is 4.88. The summed E-state index contributed by atoms with van der Waals surface area (Å²) in [5.74, 6) is -0.313. The third kappa shape index (κ3) is 3.69. The van der Waals surface area contributed by atoms with Crippen LogP contribution >= 0.6 is 11.3 Å². The van der Waals surface area contributed by atoms with Crippen LogP contribution < -0.4 is 15.8 Å². The molecule has 0 unspecified atom stereocenters. The van der Waals surface area contributed by atoms with Gasteiger partial charge in [0.1, 0.15) is 11.4 Å². The molecule has 1 fully saturated rings. The van der Waals surface area contributed by atoms with Crippen molar-refractivity contribution in [2.75, 3.05) is 16.8 Å². The summed E-state index contributed by atoms with van der Waals surface area (Å²) < 4.78 is 1.32. The average Bonchev–Trinajstić information content (AvgIpc) is 3.43. The van der Waals surface area contributed by atoms with Gasteiger partial charge in [0.2, 0.25) is 11.8 Å². The van der Waals surface area contributed by atoms with E-state index in [9.17, 15) is 14.4 Å². The quantitative estimate of drug-likeness (QED) is 0.506. The predicted molar refractivity (Wildman–Crippen MR) is 126 cm³/mol. The van der Waals surface area contributed by atoms with Gasteiger partial charge in [0, 0.05) is 23.9 Å². The van der Waals surface area contributed by atoms with Crippen molar-refractivity contribution in [1.29, 1.82) is 0 Å². The van der Waals surface area contributed by atoms with E-state index in [-0.39, 0.29) is 23.9 Å². The van der Waals surface area contributed by atoms with Crippen LogP contribution in [0.5, 0.6) is 0 Å². The molecule has 2 aromatic carbocycles. The van der Waals surface area contributed by atoms with E-state index >= 15 is 0 Å². The zero-order valence-electron chi connectivity index (χ0n) is 17.2. The van der Waals surface area contributed by atoms with E-state index < -0.39 is 0 Å². The second-order valence-electron chi connectivity index (χ2n) is 7.59. The zero-order valence-corrected chi connectivity index (χ0v) is 18.0. The van der Waals surface area contributed by atoms with Gasteiger partial charge in [-0.15, -0.1) is 11.3 Å². The number of hydrogen-bond donors (Lipinski definition) is 1. The highest BCUT2D eigenvalue weighted by Gasteiger charge is 2.24. The second kappa shape index (κ2) is 8.39. The maximum absolute atomic E-state index is 13.2. The number of hydrogen-bond acceptors (Lipinski definition) is 5. The molecule has 4 aromatic rings. The van der Waals surface area contributed by atoms with Crippen LogP contribution in [0.4, 0.5) is 11.4 Å². The molecular formula is C24H20N4O3S. The van der Waals surface area contributed by atoms with Crippen LogP contribution in [0.3, 0.4) is 0 Å². The first-order valence-corrected chi connectivity index (χ1v) is 11.2. The lowest BCUT2D eigenvalue weighted by Gasteiger charge is -2.20. The van der Waals surface area contributed by atoms with E-state index in [1.54, 1.807) is 17.0 Å². The molecular weight excluding hydrogens is 424 g/mol. The van der Waals surface area contributed by atoms with E-state index in [0.29, 0.717) is 34.6 Å². The average molecular weight is 445 g/mol. The molecule has 1 saturated heterocycles. The highest BCUT2D eigenvalue weighted by Crippen LogP contribution is 2.31. The highest BCUT2D eigenvalue weighted by atomic mass is 32.1. The molecule has 0 spiro atoms. The number of benzene rings is 2. The molecule has 2 aromatic heterocycles. The van der Waals surface area contributed by atoms with Gasteiger partial charge in [0.15, 0.2) is 0 Å². The smallest absolute Gasteiger partial charge is 0.263 e. The van der Waals surface area contributed by atoms with Gasteiger partial charge in [-0.25, -0.2) is 4.98 Å². The van der Waals surface area contributed by atoms with E-state index in [4.69, 9.17) is 0 Å². The topological polar surface area (TPSA) is 84.3 Å². The molecule has 3 heterocycles. The highest BCUT2D eigenvalue weighted by molar-refractivity contribution is 7.17. The Balaban J connectivity index is 1.42. The summed E-state index contributed by atoms with van der Waals surface area (Å²) in [6.45, 7) is 0.459. The molecule has 0 bridgehead atoms. The van der Waals surface area contributed by atoms with Gasteiger partial charge in [-0.1, -0.05) is 42.5 Å². The number of carbonyl (C=O) groups excluding carboxylic acids is 2. The lowest BCUT2D eigenvalue weighted by Crippen LogP contribution is -2.29. The van der Waals surface area contributed by atoms with E-state index in [0.717, 1.165) is 17.5 Å². The van der Waals surface area contributed by atoms with Gasteiger partial charge >= 0.3 is 0 Å². The summed E-state index contributed by atoms with van der Waals surface area (Å²) in [7, 11) is 0. The minimum Gasteiger partial charge on any atom is -0.323 e. The number of aromatic nitrogens is 2. The number of nitrogens with zero attached hydrogens (tertiary/aromatic N) is 3. The second-order valence-corrected chi connectivity index (χ2v) is 8.45. The number of carbonyl (C=O) groups is 2. The SMILES string of the molecule is O=C(Cn1cnc2scc(-c3ccccc3)c2c1=O)Nc1ccccc1N1CCCC1=O. The van der Waals surface area contributed by atoms with Crippen molar-refractivity contribution < 1.29 is 9.59 Å². The third-order valence-electron chi connectivity index (χ3n) is 5.50. The number of rotatable bonds is 5. The van der Waals surface area contributed by atoms with Gasteiger partial charge in [-0.3, -0.25) is 19.0 Å². The first-order valence-electron chi connectivity index (χ1n) is 10.3. The van der Waals surface area contributed by atoms with E-state index in [1.807, 2.05) is 47.8 Å². The minimum absolute atomic E-state index is 0.0449. The van der Waals surface area contributed by atoms with Crippen LogP contribution in [-0.4, -0.2) is 27.9 Å². The van der Waals surface area contributed by atoms with E-state index in [2.05, 4.69) is 10.3 Å². The molecule has 7 nitrogen and oxygen atoms in total. The predicted octanol–water partition coefficient (Wildman–Crippen LogP) is 3.89. The maximum atomic E-state index is 13.2. The van der Waals surface area contributed by atoms with Crippen molar-refractivity contribution in [2.24, 2.45) is 0 Å². The molecule has 1 aliphatic rings. The van der Waals surface area contributed by atoms with E-state index in [1.165, 1.54) is 22.2 Å². The summed E-state index contributed by atoms with van der Waals surface area (Å²) in [4.78, 5) is 44.9. The van der Waals surface area contributed by atoms with Gasteiger partial charge in [-0.05, 0) is 24.1 Å². The minimum atomic E-state index is -0.358. The Morgan fingerprint density at radius 1 is 1.06 bits per heavy atom. The Hall–Kier alpha value is -3.78. The Morgan fingerprint density at radius 2 is 1.84 bits per heavy atom. The Kier molecular flexibility index (Phi) is 5.28. The number of thiophene rings is 1. The number of anilines is 2. The first kappa shape index (κ1) is 20.1. The fourth-order valence-electron chi connectivity index (χ4n) is 3.97. The lowest BCUT2D eigenvalue weighted by atomic mass is 10.1. The first-order chi connectivity index (χ1) is 15.6. The van der Waals surface area contributed by atoms with Gasteiger partial charge in [0.05, 0.1) is 23.1 Å². The van der Waals surface area contributed by atoms with Gasteiger partial charge in [-0.2, -0.15) is 0 Å². The molecule has 160 valence electrons. The number of nitrogens with one attached hydrogen (secondary N) is 1. The summed E-state index contributed by atoms with van der Waals surface area (Å²) in [5, 5.41) is 5.29.